The lowest BCUT2D eigenvalue weighted by Crippen LogP contribution is -1.65. The van der Waals surface area contributed by atoms with Gasteiger partial charge >= 0.3 is 0 Å². The normalized spacial score (nSPS) is 8.67. The Bertz CT molecular complexity index is 106. The highest BCUT2D eigenvalue weighted by molar-refractivity contribution is 4.86. The van der Waals surface area contributed by atoms with Crippen molar-refractivity contribution in [3.63, 3.8) is 0 Å². The summed E-state index contributed by atoms with van der Waals surface area (Å²) in [5.41, 5.74) is 0. The van der Waals surface area contributed by atoms with E-state index in [1.807, 2.05) is 12.2 Å². The molecule has 0 aliphatic heterocycles. The van der Waals surface area contributed by atoms with Crippen LogP contribution in [0.2, 0.25) is 0 Å². The smallest absolute Gasteiger partial charge is 0.0316 e. The molecule has 0 fully saturated rings. The summed E-state index contributed by atoms with van der Waals surface area (Å²) in [4.78, 5) is 0. The number of allylic oxidation sites excluding steroid dienone is 4. The molecule has 0 amide bonds. The fourth-order valence-corrected chi connectivity index (χ4v) is 0.664. The first-order chi connectivity index (χ1) is 5.91. The Labute approximate surface area is 77.0 Å². The van der Waals surface area contributed by atoms with Gasteiger partial charge in [0.05, 0.1) is 0 Å². The lowest BCUT2D eigenvalue weighted by molar-refractivity contribution is 1.01. The summed E-state index contributed by atoms with van der Waals surface area (Å²) in [5, 5.41) is 0. The fraction of sp³-hybridized carbons (Fsp3) is 0.333. The first kappa shape index (κ1) is 13.5. The van der Waals surface area contributed by atoms with Gasteiger partial charge in [-0.3, -0.25) is 0 Å². The molecule has 0 nitrogen and oxygen atoms in total. The number of hydrogen-bond acceptors (Lipinski definition) is 0. The van der Waals surface area contributed by atoms with Gasteiger partial charge in [-0.25, -0.2) is 0 Å². The second kappa shape index (κ2) is 16.5. The number of unbranched alkanes of at least 4 members (excludes halogenated alkanes) is 2. The van der Waals surface area contributed by atoms with Gasteiger partial charge in [0.2, 0.25) is 0 Å². The van der Waals surface area contributed by atoms with E-state index in [1.54, 1.807) is 0 Å². The second-order valence-electron chi connectivity index (χ2n) is 2.20. The summed E-state index contributed by atoms with van der Waals surface area (Å²) in [6, 6.07) is 0. The molecule has 0 rings (SSSR count). The number of hydrogen-bond donors (Lipinski definition) is 0. The molecular weight excluding hydrogens is 144 g/mol. The van der Waals surface area contributed by atoms with E-state index >= 15 is 0 Å². The quantitative estimate of drug-likeness (QED) is 0.406. The highest BCUT2D eigenvalue weighted by Crippen LogP contribution is 1.95. The predicted molar refractivity (Wildman–Crippen MR) is 59.3 cm³/mol. The minimum Gasteiger partial charge on any atom is -0.106 e. The zero-order valence-corrected chi connectivity index (χ0v) is 7.97. The summed E-state index contributed by atoms with van der Waals surface area (Å²) < 4.78 is 0. The molecule has 0 bridgehead atoms. The molecule has 0 heteroatoms. The molecule has 0 saturated heterocycles. The van der Waals surface area contributed by atoms with E-state index < -0.39 is 0 Å². The molecule has 0 aromatic carbocycles. The van der Waals surface area contributed by atoms with Crippen LogP contribution in [0.3, 0.4) is 0 Å². The lowest BCUT2D eigenvalue weighted by atomic mass is 10.2. The summed E-state index contributed by atoms with van der Waals surface area (Å²) in [6.45, 7) is 13.3. The molecule has 0 N–H and O–H groups in total. The largest absolute Gasteiger partial charge is 0.106 e. The van der Waals surface area contributed by atoms with Crippen molar-refractivity contribution in [2.45, 2.75) is 25.7 Å². The molecule has 0 spiro atoms. The summed E-state index contributed by atoms with van der Waals surface area (Å²) in [6.07, 6.45) is 12.7. The van der Waals surface area contributed by atoms with Gasteiger partial charge in [-0.1, -0.05) is 24.3 Å². The van der Waals surface area contributed by atoms with Crippen LogP contribution in [-0.4, -0.2) is 0 Å². The van der Waals surface area contributed by atoms with E-state index in [9.17, 15) is 0 Å². The van der Waals surface area contributed by atoms with Crippen LogP contribution >= 0.6 is 0 Å². The summed E-state index contributed by atoms with van der Waals surface area (Å²) >= 11 is 0. The van der Waals surface area contributed by atoms with E-state index in [-0.39, 0.29) is 0 Å². The molecule has 0 unspecified atom stereocenters. The standard InChI is InChI=1S/C10H16.C2H4/c1-3-5-7-9-10-8-6-4-2;1-2/h3-4,9-10H,1-2,5-8H2;1-2H2. The highest BCUT2D eigenvalue weighted by atomic mass is 13.8. The van der Waals surface area contributed by atoms with Crippen molar-refractivity contribution in [2.75, 3.05) is 0 Å². The second-order valence-corrected chi connectivity index (χ2v) is 2.20. The first-order valence-electron chi connectivity index (χ1n) is 4.28. The van der Waals surface area contributed by atoms with E-state index in [0.29, 0.717) is 0 Å². The third-order valence-electron chi connectivity index (χ3n) is 1.24. The Hall–Kier alpha value is -1.04. The third kappa shape index (κ3) is 16.0. The SMILES string of the molecule is C=C.C=CCCC=CCCC=C. The van der Waals surface area contributed by atoms with Crippen molar-refractivity contribution in [1.82, 2.24) is 0 Å². The average molecular weight is 164 g/mol. The molecular formula is C12H20. The van der Waals surface area contributed by atoms with Crippen molar-refractivity contribution in [3.8, 4) is 0 Å². The Balaban J connectivity index is 0. The van der Waals surface area contributed by atoms with Crippen LogP contribution in [0.25, 0.3) is 0 Å². The molecule has 0 aromatic heterocycles. The van der Waals surface area contributed by atoms with Crippen LogP contribution in [0.1, 0.15) is 25.7 Å². The van der Waals surface area contributed by atoms with E-state index in [2.05, 4.69) is 38.5 Å². The molecule has 12 heavy (non-hydrogen) atoms. The Kier molecular flexibility index (Phi) is 18.6. The topological polar surface area (TPSA) is 0 Å². The minimum absolute atomic E-state index is 1.09. The van der Waals surface area contributed by atoms with Crippen LogP contribution in [0.5, 0.6) is 0 Å². The maximum Gasteiger partial charge on any atom is -0.0316 e. The van der Waals surface area contributed by atoms with Gasteiger partial charge < -0.3 is 0 Å². The lowest BCUT2D eigenvalue weighted by Gasteiger charge is -1.85. The number of rotatable bonds is 6. The zero-order valence-electron chi connectivity index (χ0n) is 7.97. The molecule has 0 aliphatic rings. The molecule has 0 heterocycles. The summed E-state index contributed by atoms with van der Waals surface area (Å²) in [5.74, 6) is 0. The van der Waals surface area contributed by atoms with Gasteiger partial charge in [0.15, 0.2) is 0 Å². The Morgan fingerprint density at radius 3 is 1.25 bits per heavy atom. The van der Waals surface area contributed by atoms with Gasteiger partial charge in [0.25, 0.3) is 0 Å². The van der Waals surface area contributed by atoms with Crippen molar-refractivity contribution in [1.29, 1.82) is 0 Å². The van der Waals surface area contributed by atoms with Crippen molar-refractivity contribution in [3.05, 3.63) is 50.6 Å². The van der Waals surface area contributed by atoms with Crippen molar-refractivity contribution in [2.24, 2.45) is 0 Å². The van der Waals surface area contributed by atoms with Gasteiger partial charge in [-0.2, -0.15) is 0 Å². The third-order valence-corrected chi connectivity index (χ3v) is 1.24. The molecule has 0 aromatic rings. The maximum atomic E-state index is 3.64. The van der Waals surface area contributed by atoms with Crippen LogP contribution in [0.4, 0.5) is 0 Å². The Morgan fingerprint density at radius 2 is 1.00 bits per heavy atom. The van der Waals surface area contributed by atoms with Crippen molar-refractivity contribution < 1.29 is 0 Å². The van der Waals surface area contributed by atoms with Gasteiger partial charge in [0, 0.05) is 0 Å². The molecule has 0 aliphatic carbocycles. The molecule has 0 saturated carbocycles. The van der Waals surface area contributed by atoms with E-state index in [0.717, 1.165) is 25.7 Å². The summed E-state index contributed by atoms with van der Waals surface area (Å²) in [7, 11) is 0. The van der Waals surface area contributed by atoms with Crippen LogP contribution in [0, 0.1) is 0 Å². The van der Waals surface area contributed by atoms with E-state index in [4.69, 9.17) is 0 Å². The van der Waals surface area contributed by atoms with Gasteiger partial charge in [0.1, 0.15) is 0 Å². The zero-order chi connectivity index (χ0) is 9.66. The molecule has 68 valence electrons. The van der Waals surface area contributed by atoms with Gasteiger partial charge in [-0.05, 0) is 25.7 Å². The maximum absolute atomic E-state index is 3.64. The predicted octanol–water partition coefficient (Wildman–Crippen LogP) is 4.28. The van der Waals surface area contributed by atoms with Crippen LogP contribution in [0.15, 0.2) is 50.6 Å². The van der Waals surface area contributed by atoms with Crippen LogP contribution < -0.4 is 0 Å². The Morgan fingerprint density at radius 1 is 0.667 bits per heavy atom. The fourth-order valence-electron chi connectivity index (χ4n) is 0.664. The van der Waals surface area contributed by atoms with Crippen LogP contribution in [-0.2, 0) is 0 Å². The highest BCUT2D eigenvalue weighted by Gasteiger charge is 1.75. The van der Waals surface area contributed by atoms with E-state index in [1.165, 1.54) is 0 Å². The minimum atomic E-state index is 1.09. The molecule has 0 atom stereocenters. The monoisotopic (exact) mass is 164 g/mol. The van der Waals surface area contributed by atoms with Crippen molar-refractivity contribution >= 4 is 0 Å². The first-order valence-corrected chi connectivity index (χ1v) is 4.28. The average Bonchev–Trinajstić information content (AvgIpc) is 2.15. The van der Waals surface area contributed by atoms with Gasteiger partial charge in [-0.15, -0.1) is 26.3 Å². The molecule has 0 radical (unpaired) electrons.